The fraction of sp³-hybridized carbons (Fsp3) is 0.250. The molecule has 0 saturated carbocycles. The summed E-state index contributed by atoms with van der Waals surface area (Å²) in [6.07, 6.45) is -0.757. The molecule has 1 atom stereocenters. The van der Waals surface area contributed by atoms with Crippen LogP contribution in [0.1, 0.15) is 18.6 Å². The van der Waals surface area contributed by atoms with Gasteiger partial charge in [-0.25, -0.2) is 4.39 Å². The van der Waals surface area contributed by atoms with Crippen molar-refractivity contribution >= 4 is 15.9 Å². The Kier molecular flexibility index (Phi) is 2.62. The number of hydrogen-bond donors (Lipinski definition) is 1. The van der Waals surface area contributed by atoms with E-state index in [2.05, 4.69) is 15.9 Å². The van der Waals surface area contributed by atoms with Crippen LogP contribution in [0.2, 0.25) is 0 Å². The first-order valence-corrected chi connectivity index (χ1v) is 4.03. The molecule has 0 fully saturated rings. The maximum Gasteiger partial charge on any atom is 0.129 e. The van der Waals surface area contributed by atoms with Crippen molar-refractivity contribution < 1.29 is 9.50 Å². The second-order valence-electron chi connectivity index (χ2n) is 2.34. The van der Waals surface area contributed by atoms with Gasteiger partial charge >= 0.3 is 0 Å². The van der Waals surface area contributed by atoms with E-state index in [1.807, 2.05) is 0 Å². The lowest BCUT2D eigenvalue weighted by atomic mass is 10.1. The van der Waals surface area contributed by atoms with Gasteiger partial charge in [-0.2, -0.15) is 0 Å². The summed E-state index contributed by atoms with van der Waals surface area (Å²) < 4.78 is 13.6. The molecule has 0 aliphatic heterocycles. The largest absolute Gasteiger partial charge is 0.389 e. The quantitative estimate of drug-likeness (QED) is 0.769. The zero-order valence-corrected chi connectivity index (χ0v) is 7.60. The minimum atomic E-state index is -0.757. The number of hydrogen-bond acceptors (Lipinski definition) is 1. The van der Waals surface area contributed by atoms with Gasteiger partial charge in [0.15, 0.2) is 0 Å². The highest BCUT2D eigenvalue weighted by Gasteiger charge is 2.07. The monoisotopic (exact) mass is 218 g/mol. The van der Waals surface area contributed by atoms with E-state index in [4.69, 9.17) is 5.11 Å². The Morgan fingerprint density at radius 2 is 2.18 bits per heavy atom. The van der Waals surface area contributed by atoms with Crippen molar-refractivity contribution in [2.45, 2.75) is 13.0 Å². The van der Waals surface area contributed by atoms with Crippen molar-refractivity contribution in [1.82, 2.24) is 0 Å². The van der Waals surface area contributed by atoms with Crippen LogP contribution in [-0.4, -0.2) is 5.11 Å². The summed E-state index contributed by atoms with van der Waals surface area (Å²) in [7, 11) is 0. The highest BCUT2D eigenvalue weighted by molar-refractivity contribution is 9.10. The van der Waals surface area contributed by atoms with E-state index in [1.165, 1.54) is 13.0 Å². The molecular formula is C8H8BrFO. The molecule has 1 rings (SSSR count). The first kappa shape index (κ1) is 8.68. The molecule has 0 bridgehead atoms. The third-order valence-corrected chi connectivity index (χ3v) is 1.90. The van der Waals surface area contributed by atoms with Crippen LogP contribution in [0.3, 0.4) is 0 Å². The van der Waals surface area contributed by atoms with Crippen molar-refractivity contribution in [3.05, 3.63) is 34.1 Å². The average Bonchev–Trinajstić information content (AvgIpc) is 1.94. The predicted octanol–water partition coefficient (Wildman–Crippen LogP) is 2.64. The molecule has 1 aromatic carbocycles. The van der Waals surface area contributed by atoms with Gasteiger partial charge in [-0.15, -0.1) is 0 Å². The molecule has 0 amide bonds. The van der Waals surface area contributed by atoms with Crippen molar-refractivity contribution in [3.63, 3.8) is 0 Å². The van der Waals surface area contributed by atoms with Crippen LogP contribution < -0.4 is 0 Å². The maximum absolute atomic E-state index is 12.8. The fourth-order valence-corrected chi connectivity index (χ4v) is 1.21. The minimum absolute atomic E-state index is 0.319. The molecule has 0 aliphatic rings. The summed E-state index contributed by atoms with van der Waals surface area (Å²) in [5, 5.41) is 9.07. The molecule has 0 radical (unpaired) electrons. The van der Waals surface area contributed by atoms with Gasteiger partial charge in [0, 0.05) is 10.0 Å². The Bertz CT molecular complexity index is 260. The standard InChI is InChI=1S/C8H8BrFO/c1-5(11)7-4-6(9)2-3-8(7)10/h2-5,11H,1H3/t5-/m0/s1. The maximum atomic E-state index is 12.8. The summed E-state index contributed by atoms with van der Waals surface area (Å²) in [6.45, 7) is 1.53. The lowest BCUT2D eigenvalue weighted by Gasteiger charge is -2.05. The van der Waals surface area contributed by atoms with E-state index in [9.17, 15) is 4.39 Å². The molecule has 11 heavy (non-hydrogen) atoms. The van der Waals surface area contributed by atoms with E-state index in [0.717, 1.165) is 4.47 Å². The Hall–Kier alpha value is -0.410. The average molecular weight is 219 g/mol. The number of benzene rings is 1. The number of rotatable bonds is 1. The summed E-state index contributed by atoms with van der Waals surface area (Å²) in [5.74, 6) is -0.372. The lowest BCUT2D eigenvalue weighted by molar-refractivity contribution is 0.194. The van der Waals surface area contributed by atoms with Gasteiger partial charge in [-0.1, -0.05) is 15.9 Å². The van der Waals surface area contributed by atoms with Crippen LogP contribution in [0.15, 0.2) is 22.7 Å². The SMILES string of the molecule is C[C@H](O)c1cc(Br)ccc1F. The van der Waals surface area contributed by atoms with Gasteiger partial charge in [-0.3, -0.25) is 0 Å². The van der Waals surface area contributed by atoms with Gasteiger partial charge in [0.1, 0.15) is 5.82 Å². The molecule has 60 valence electrons. The van der Waals surface area contributed by atoms with Crippen LogP contribution in [-0.2, 0) is 0 Å². The molecule has 0 unspecified atom stereocenters. The molecule has 1 N–H and O–H groups in total. The molecule has 3 heteroatoms. The van der Waals surface area contributed by atoms with Crippen LogP contribution in [0.25, 0.3) is 0 Å². The Balaban J connectivity index is 3.13. The van der Waals surface area contributed by atoms with Crippen LogP contribution in [0, 0.1) is 5.82 Å². The molecular weight excluding hydrogens is 211 g/mol. The molecule has 0 aromatic heterocycles. The van der Waals surface area contributed by atoms with Crippen molar-refractivity contribution in [1.29, 1.82) is 0 Å². The predicted molar refractivity (Wildman–Crippen MR) is 44.7 cm³/mol. The van der Waals surface area contributed by atoms with E-state index in [0.29, 0.717) is 5.56 Å². The summed E-state index contributed by atoms with van der Waals surface area (Å²) in [5.41, 5.74) is 0.319. The summed E-state index contributed by atoms with van der Waals surface area (Å²) in [6, 6.07) is 4.49. The zero-order chi connectivity index (χ0) is 8.43. The smallest absolute Gasteiger partial charge is 0.129 e. The van der Waals surface area contributed by atoms with Gasteiger partial charge < -0.3 is 5.11 Å². The third kappa shape index (κ3) is 2.01. The van der Waals surface area contributed by atoms with Crippen molar-refractivity contribution in [3.8, 4) is 0 Å². The summed E-state index contributed by atoms with van der Waals surface area (Å²) >= 11 is 3.19. The van der Waals surface area contributed by atoms with Crippen LogP contribution in [0.4, 0.5) is 4.39 Å². The highest BCUT2D eigenvalue weighted by atomic mass is 79.9. The first-order valence-electron chi connectivity index (χ1n) is 3.24. The molecule has 0 heterocycles. The van der Waals surface area contributed by atoms with Gasteiger partial charge in [0.2, 0.25) is 0 Å². The second-order valence-corrected chi connectivity index (χ2v) is 3.26. The lowest BCUT2D eigenvalue weighted by Crippen LogP contribution is -1.94. The molecule has 0 aliphatic carbocycles. The topological polar surface area (TPSA) is 20.2 Å². The molecule has 1 aromatic rings. The van der Waals surface area contributed by atoms with E-state index < -0.39 is 6.10 Å². The van der Waals surface area contributed by atoms with E-state index in [1.54, 1.807) is 12.1 Å². The van der Waals surface area contributed by atoms with E-state index >= 15 is 0 Å². The van der Waals surface area contributed by atoms with Crippen molar-refractivity contribution in [2.24, 2.45) is 0 Å². The number of aliphatic hydroxyl groups excluding tert-OH is 1. The third-order valence-electron chi connectivity index (χ3n) is 1.41. The van der Waals surface area contributed by atoms with Gasteiger partial charge in [0.05, 0.1) is 6.10 Å². The van der Waals surface area contributed by atoms with E-state index in [-0.39, 0.29) is 5.82 Å². The van der Waals surface area contributed by atoms with Crippen LogP contribution in [0.5, 0.6) is 0 Å². The summed E-state index contributed by atoms with van der Waals surface area (Å²) in [4.78, 5) is 0. The van der Waals surface area contributed by atoms with Crippen molar-refractivity contribution in [2.75, 3.05) is 0 Å². The minimum Gasteiger partial charge on any atom is -0.389 e. The normalized spacial score (nSPS) is 13.1. The van der Waals surface area contributed by atoms with Gasteiger partial charge in [0.25, 0.3) is 0 Å². The number of halogens is 2. The Morgan fingerprint density at radius 1 is 1.55 bits per heavy atom. The Labute approximate surface area is 73.0 Å². The molecule has 0 saturated heterocycles. The first-order chi connectivity index (χ1) is 5.11. The zero-order valence-electron chi connectivity index (χ0n) is 6.01. The molecule has 0 spiro atoms. The van der Waals surface area contributed by atoms with Gasteiger partial charge in [-0.05, 0) is 25.1 Å². The molecule has 1 nitrogen and oxygen atoms in total. The Morgan fingerprint density at radius 3 is 2.64 bits per heavy atom. The number of aliphatic hydroxyl groups is 1. The fourth-order valence-electron chi connectivity index (χ4n) is 0.835. The second kappa shape index (κ2) is 3.32. The highest BCUT2D eigenvalue weighted by Crippen LogP contribution is 2.20. The van der Waals surface area contributed by atoms with Crippen LogP contribution >= 0.6 is 15.9 Å².